The van der Waals surface area contributed by atoms with Crippen LogP contribution in [0.2, 0.25) is 0 Å². The summed E-state index contributed by atoms with van der Waals surface area (Å²) < 4.78 is 1.34. The molecule has 0 saturated carbocycles. The highest BCUT2D eigenvalue weighted by Gasteiger charge is 2.14. The molecule has 8 heteroatoms. The molecule has 2 aromatic heterocycles. The Morgan fingerprint density at radius 3 is 2.22 bits per heavy atom. The Bertz CT molecular complexity index is 617. The van der Waals surface area contributed by atoms with E-state index in [1.807, 2.05) is 0 Å². The molecule has 0 amide bonds. The smallest absolute Gasteiger partial charge is 0.356 e. The SMILES string of the molecule is Cn1nc(C(=O)O)cc1-c1cnc(C(=O)O)cn1. The average molecular weight is 248 g/mol. The van der Waals surface area contributed by atoms with E-state index in [0.717, 1.165) is 6.20 Å². The third-order valence-corrected chi connectivity index (χ3v) is 2.23. The number of aryl methyl sites for hydroxylation is 1. The van der Waals surface area contributed by atoms with E-state index in [-0.39, 0.29) is 11.4 Å². The molecule has 18 heavy (non-hydrogen) atoms. The Morgan fingerprint density at radius 1 is 1.11 bits per heavy atom. The number of aromatic nitrogens is 4. The molecule has 0 unspecified atom stereocenters. The molecule has 0 saturated heterocycles. The Hall–Kier alpha value is -2.77. The third kappa shape index (κ3) is 2.03. The van der Waals surface area contributed by atoms with Gasteiger partial charge in [0.15, 0.2) is 11.4 Å². The van der Waals surface area contributed by atoms with Crippen molar-refractivity contribution in [2.75, 3.05) is 0 Å². The number of hydrogen-bond donors (Lipinski definition) is 2. The van der Waals surface area contributed by atoms with Crippen LogP contribution in [0.25, 0.3) is 11.4 Å². The molecule has 0 aliphatic heterocycles. The Morgan fingerprint density at radius 2 is 1.78 bits per heavy atom. The number of carboxylic acids is 2. The van der Waals surface area contributed by atoms with Crippen LogP contribution in [0.4, 0.5) is 0 Å². The van der Waals surface area contributed by atoms with Gasteiger partial charge in [0.2, 0.25) is 0 Å². The van der Waals surface area contributed by atoms with Crippen LogP contribution in [0.15, 0.2) is 18.5 Å². The van der Waals surface area contributed by atoms with Gasteiger partial charge in [-0.2, -0.15) is 5.10 Å². The lowest BCUT2D eigenvalue weighted by atomic mass is 10.3. The fourth-order valence-corrected chi connectivity index (χ4v) is 1.38. The lowest BCUT2D eigenvalue weighted by Crippen LogP contribution is -2.02. The van der Waals surface area contributed by atoms with Crippen molar-refractivity contribution in [2.45, 2.75) is 0 Å². The first-order valence-corrected chi connectivity index (χ1v) is 4.82. The summed E-state index contributed by atoms with van der Waals surface area (Å²) in [7, 11) is 1.56. The monoisotopic (exact) mass is 248 g/mol. The molecule has 0 aliphatic carbocycles. The minimum Gasteiger partial charge on any atom is -0.476 e. The van der Waals surface area contributed by atoms with Gasteiger partial charge in [0, 0.05) is 13.1 Å². The molecular weight excluding hydrogens is 240 g/mol. The second kappa shape index (κ2) is 4.24. The molecule has 0 radical (unpaired) electrons. The van der Waals surface area contributed by atoms with Crippen LogP contribution >= 0.6 is 0 Å². The zero-order valence-electron chi connectivity index (χ0n) is 9.23. The average Bonchev–Trinajstić information content (AvgIpc) is 2.71. The zero-order chi connectivity index (χ0) is 13.3. The molecule has 0 aliphatic rings. The van der Waals surface area contributed by atoms with Gasteiger partial charge >= 0.3 is 11.9 Å². The molecule has 0 atom stereocenters. The van der Waals surface area contributed by atoms with E-state index in [4.69, 9.17) is 10.2 Å². The van der Waals surface area contributed by atoms with Crippen LogP contribution in [-0.4, -0.2) is 41.9 Å². The molecule has 0 fully saturated rings. The standard InChI is InChI=1S/C10H8N4O4/c1-14-8(2-5(13-14)9(15)16)6-3-12-7(4-11-6)10(17)18/h2-4H,1H3,(H,15,16)(H,17,18). The number of nitrogens with zero attached hydrogens (tertiary/aromatic N) is 4. The fourth-order valence-electron chi connectivity index (χ4n) is 1.38. The van der Waals surface area contributed by atoms with Crippen LogP contribution in [0.1, 0.15) is 21.0 Å². The summed E-state index contributed by atoms with van der Waals surface area (Å²) in [6.07, 6.45) is 2.36. The molecule has 0 spiro atoms. The number of hydrogen-bond acceptors (Lipinski definition) is 5. The highest BCUT2D eigenvalue weighted by Crippen LogP contribution is 2.16. The van der Waals surface area contributed by atoms with Crippen molar-refractivity contribution in [3.05, 3.63) is 29.8 Å². The van der Waals surface area contributed by atoms with Gasteiger partial charge in [0.25, 0.3) is 0 Å². The van der Waals surface area contributed by atoms with E-state index < -0.39 is 11.9 Å². The molecule has 0 bridgehead atoms. The predicted molar refractivity (Wildman–Crippen MR) is 58.2 cm³/mol. The number of carboxylic acid groups (broad SMARTS) is 2. The quantitative estimate of drug-likeness (QED) is 0.800. The molecular formula is C10H8N4O4. The van der Waals surface area contributed by atoms with Crippen LogP contribution in [0, 0.1) is 0 Å². The molecule has 2 heterocycles. The van der Waals surface area contributed by atoms with Gasteiger partial charge in [0.05, 0.1) is 18.1 Å². The summed E-state index contributed by atoms with van der Waals surface area (Å²) in [6.45, 7) is 0. The number of rotatable bonds is 3. The molecule has 92 valence electrons. The first kappa shape index (κ1) is 11.7. The Labute approximate surface area is 101 Å². The Kier molecular flexibility index (Phi) is 2.76. The largest absolute Gasteiger partial charge is 0.476 e. The molecule has 2 aromatic rings. The fraction of sp³-hybridized carbons (Fsp3) is 0.100. The van der Waals surface area contributed by atoms with Crippen molar-refractivity contribution < 1.29 is 19.8 Å². The highest BCUT2D eigenvalue weighted by atomic mass is 16.4. The maximum absolute atomic E-state index is 10.8. The molecule has 8 nitrogen and oxygen atoms in total. The minimum absolute atomic E-state index is 0.114. The van der Waals surface area contributed by atoms with Gasteiger partial charge in [-0.25, -0.2) is 14.6 Å². The maximum Gasteiger partial charge on any atom is 0.356 e. The highest BCUT2D eigenvalue weighted by molar-refractivity contribution is 5.87. The van der Waals surface area contributed by atoms with Crippen LogP contribution in [-0.2, 0) is 7.05 Å². The number of aromatic carboxylic acids is 2. The van der Waals surface area contributed by atoms with Gasteiger partial charge in [0.1, 0.15) is 5.69 Å². The molecule has 2 rings (SSSR count). The second-order valence-corrected chi connectivity index (χ2v) is 3.44. The summed E-state index contributed by atoms with van der Waals surface area (Å²) in [5, 5.41) is 21.3. The first-order valence-electron chi connectivity index (χ1n) is 4.82. The van der Waals surface area contributed by atoms with E-state index in [1.165, 1.54) is 16.9 Å². The van der Waals surface area contributed by atoms with Gasteiger partial charge < -0.3 is 10.2 Å². The third-order valence-electron chi connectivity index (χ3n) is 2.23. The van der Waals surface area contributed by atoms with Crippen molar-refractivity contribution in [3.8, 4) is 11.4 Å². The van der Waals surface area contributed by atoms with Gasteiger partial charge in [-0.15, -0.1) is 0 Å². The van der Waals surface area contributed by atoms with E-state index in [1.54, 1.807) is 7.05 Å². The van der Waals surface area contributed by atoms with E-state index in [0.29, 0.717) is 11.4 Å². The zero-order valence-corrected chi connectivity index (χ0v) is 9.23. The van der Waals surface area contributed by atoms with E-state index in [2.05, 4.69) is 15.1 Å². The topological polar surface area (TPSA) is 118 Å². The first-order chi connectivity index (χ1) is 8.49. The maximum atomic E-state index is 10.8. The second-order valence-electron chi connectivity index (χ2n) is 3.44. The van der Waals surface area contributed by atoms with Gasteiger partial charge in [-0.05, 0) is 0 Å². The Balaban J connectivity index is 2.42. The van der Waals surface area contributed by atoms with Crippen molar-refractivity contribution in [1.29, 1.82) is 0 Å². The van der Waals surface area contributed by atoms with Gasteiger partial charge in [-0.1, -0.05) is 0 Å². The molecule has 2 N–H and O–H groups in total. The van der Waals surface area contributed by atoms with Crippen LogP contribution in [0.5, 0.6) is 0 Å². The van der Waals surface area contributed by atoms with Crippen molar-refractivity contribution in [3.63, 3.8) is 0 Å². The summed E-state index contributed by atoms with van der Waals surface area (Å²) in [4.78, 5) is 29.0. The van der Waals surface area contributed by atoms with Crippen molar-refractivity contribution >= 4 is 11.9 Å². The normalized spacial score (nSPS) is 10.3. The van der Waals surface area contributed by atoms with Crippen LogP contribution < -0.4 is 0 Å². The van der Waals surface area contributed by atoms with E-state index in [9.17, 15) is 9.59 Å². The summed E-state index contributed by atoms with van der Waals surface area (Å²) in [5.74, 6) is -2.32. The van der Waals surface area contributed by atoms with Crippen LogP contribution in [0.3, 0.4) is 0 Å². The predicted octanol–water partition coefficient (Wildman–Crippen LogP) is 0.273. The summed E-state index contributed by atoms with van der Waals surface area (Å²) >= 11 is 0. The summed E-state index contributed by atoms with van der Waals surface area (Å²) in [6, 6.07) is 1.34. The van der Waals surface area contributed by atoms with Crippen molar-refractivity contribution in [2.24, 2.45) is 7.05 Å². The summed E-state index contributed by atoms with van der Waals surface area (Å²) in [5.41, 5.74) is 0.496. The molecule has 0 aromatic carbocycles. The lowest BCUT2D eigenvalue weighted by Gasteiger charge is -2.00. The van der Waals surface area contributed by atoms with Crippen molar-refractivity contribution in [1.82, 2.24) is 19.7 Å². The van der Waals surface area contributed by atoms with Gasteiger partial charge in [-0.3, -0.25) is 9.67 Å². The number of carbonyl (C=O) groups is 2. The van der Waals surface area contributed by atoms with E-state index >= 15 is 0 Å². The minimum atomic E-state index is -1.18. The lowest BCUT2D eigenvalue weighted by molar-refractivity contribution is 0.0679.